The van der Waals surface area contributed by atoms with E-state index in [1.807, 2.05) is 21.9 Å². The van der Waals surface area contributed by atoms with Gasteiger partial charge in [0.2, 0.25) is 17.7 Å². The third kappa shape index (κ3) is 5.03. The van der Waals surface area contributed by atoms with Gasteiger partial charge in [0.15, 0.2) is 0 Å². The lowest BCUT2D eigenvalue weighted by molar-refractivity contribution is -0.166. The van der Waals surface area contributed by atoms with Crippen LogP contribution in [0.2, 0.25) is 0 Å². The van der Waals surface area contributed by atoms with Crippen LogP contribution in [-0.2, 0) is 26.3 Å². The van der Waals surface area contributed by atoms with Gasteiger partial charge in [0.25, 0.3) is 0 Å². The molecule has 4 bridgehead atoms. The first kappa shape index (κ1) is 31.7. The number of hydrogen-bond donors (Lipinski definition) is 2. The maximum Gasteiger partial charge on any atom is 0.228 e. The molecule has 8 nitrogen and oxygen atoms in total. The van der Waals surface area contributed by atoms with Crippen molar-refractivity contribution in [3.63, 3.8) is 0 Å². The third-order valence-corrected chi connectivity index (χ3v) is 13.1. The molecule has 2 aliphatic heterocycles. The van der Waals surface area contributed by atoms with Gasteiger partial charge in [-0.2, -0.15) is 0 Å². The number of amides is 3. The minimum absolute atomic E-state index is 0.00673. The fraction of sp³-hybridized carbons (Fsp3) is 0.625. The minimum Gasteiger partial charge on any atom is -0.464 e. The number of rotatable bonds is 8. The highest BCUT2D eigenvalue weighted by molar-refractivity contribution is 5.94. The Morgan fingerprint density at radius 3 is 2.33 bits per heavy atom. The maximum absolute atomic E-state index is 14.8. The summed E-state index contributed by atoms with van der Waals surface area (Å²) in [5, 5.41) is 4.44. The summed E-state index contributed by atoms with van der Waals surface area (Å²) in [4.78, 5) is 50.5. The van der Waals surface area contributed by atoms with E-state index in [0.29, 0.717) is 19.4 Å². The standard InChI is InChI=1S/C40H52N4O4/c1-23(2)44(24(3)4)38(47)32-16-29(18-35(45)41-22-40-19-25-13-26(20-40)15-27(14-25)21-40)37(46)43-11-10-31-30-9-8-28(34-7-6-12-48-34)17-33(30)42-36(31)39(32,43)5/h6-9,12,17,23-27,29,32,42H,10-11,13-16,18-22H2,1-5H3,(H,41,45)/t25?,26?,27?,29-,32-,39+,40?/m1/s1. The fourth-order valence-electron chi connectivity index (χ4n) is 11.6. The van der Waals surface area contributed by atoms with E-state index in [2.05, 4.69) is 63.1 Å². The number of nitrogens with one attached hydrogen (secondary N) is 2. The average Bonchev–Trinajstić information content (AvgIpc) is 3.69. The number of aromatic amines is 1. The largest absolute Gasteiger partial charge is 0.464 e. The number of fused-ring (bicyclic) bond motifs is 5. The first-order valence-electron chi connectivity index (χ1n) is 18.5. The molecule has 4 saturated carbocycles. The SMILES string of the molecule is CC(C)N(C(=O)[C@H]1C[C@H](CC(=O)NCC23CC4CC(CC(C4)C2)C3)C(=O)N2CCc3c([nH]c4cc(-c5ccco5)ccc34)[C@]12C)C(C)C. The van der Waals surface area contributed by atoms with Crippen molar-refractivity contribution in [3.8, 4) is 11.3 Å². The van der Waals surface area contributed by atoms with Gasteiger partial charge in [-0.25, -0.2) is 0 Å². The molecule has 0 spiro atoms. The molecule has 2 N–H and O–H groups in total. The number of carbonyl (C=O) groups is 3. The van der Waals surface area contributed by atoms with Crippen LogP contribution in [0.15, 0.2) is 41.0 Å². The van der Waals surface area contributed by atoms with Crippen molar-refractivity contribution >= 4 is 28.6 Å². The van der Waals surface area contributed by atoms with Gasteiger partial charge < -0.3 is 24.5 Å². The second-order valence-corrected chi connectivity index (χ2v) is 16.9. The van der Waals surface area contributed by atoms with Gasteiger partial charge in [0.1, 0.15) is 5.76 Å². The van der Waals surface area contributed by atoms with Gasteiger partial charge >= 0.3 is 0 Å². The van der Waals surface area contributed by atoms with Crippen LogP contribution in [0.25, 0.3) is 22.2 Å². The summed E-state index contributed by atoms with van der Waals surface area (Å²) in [7, 11) is 0. The highest BCUT2D eigenvalue weighted by atomic mass is 16.3. The molecule has 9 rings (SSSR count). The van der Waals surface area contributed by atoms with Crippen LogP contribution in [0.1, 0.15) is 97.2 Å². The Morgan fingerprint density at radius 1 is 1.02 bits per heavy atom. The van der Waals surface area contributed by atoms with Crippen molar-refractivity contribution in [1.82, 2.24) is 20.1 Å². The molecule has 48 heavy (non-hydrogen) atoms. The molecule has 5 fully saturated rings. The lowest BCUT2D eigenvalue weighted by Gasteiger charge is -2.57. The average molecular weight is 653 g/mol. The highest BCUT2D eigenvalue weighted by Gasteiger charge is 2.58. The predicted octanol–water partition coefficient (Wildman–Crippen LogP) is 7.03. The summed E-state index contributed by atoms with van der Waals surface area (Å²) >= 11 is 0. The molecule has 256 valence electrons. The summed E-state index contributed by atoms with van der Waals surface area (Å²) < 4.78 is 5.68. The number of benzene rings is 1. The molecule has 3 aromatic rings. The molecular weight excluding hydrogens is 600 g/mol. The van der Waals surface area contributed by atoms with Crippen LogP contribution in [0.3, 0.4) is 0 Å². The van der Waals surface area contributed by atoms with Crippen LogP contribution >= 0.6 is 0 Å². The highest BCUT2D eigenvalue weighted by Crippen LogP contribution is 2.60. The molecule has 3 atom stereocenters. The Hall–Kier alpha value is -3.55. The van der Waals surface area contributed by atoms with Gasteiger partial charge in [-0.3, -0.25) is 14.4 Å². The lowest BCUT2D eigenvalue weighted by atomic mass is 9.49. The second kappa shape index (κ2) is 11.5. The van der Waals surface area contributed by atoms with Gasteiger partial charge in [-0.05, 0) is 133 Å². The summed E-state index contributed by atoms with van der Waals surface area (Å²) in [6.07, 6.45) is 10.7. The molecule has 4 aliphatic carbocycles. The predicted molar refractivity (Wildman–Crippen MR) is 186 cm³/mol. The van der Waals surface area contributed by atoms with E-state index in [-0.39, 0.29) is 41.6 Å². The van der Waals surface area contributed by atoms with Crippen molar-refractivity contribution in [2.45, 2.75) is 110 Å². The Kier molecular flexibility index (Phi) is 7.61. The van der Waals surface area contributed by atoms with Crippen LogP contribution in [0.5, 0.6) is 0 Å². The van der Waals surface area contributed by atoms with Crippen molar-refractivity contribution in [1.29, 1.82) is 0 Å². The monoisotopic (exact) mass is 652 g/mol. The third-order valence-electron chi connectivity index (χ3n) is 13.1. The van der Waals surface area contributed by atoms with Crippen molar-refractivity contribution < 1.29 is 18.8 Å². The number of H-pyrrole nitrogens is 1. The topological polar surface area (TPSA) is 98.6 Å². The summed E-state index contributed by atoms with van der Waals surface area (Å²) in [5.74, 6) is 2.27. The number of piperidine rings is 1. The van der Waals surface area contributed by atoms with Gasteiger partial charge in [0, 0.05) is 59.7 Å². The van der Waals surface area contributed by atoms with Crippen LogP contribution in [0, 0.1) is 35.0 Å². The maximum atomic E-state index is 14.8. The summed E-state index contributed by atoms with van der Waals surface area (Å²) in [6.45, 7) is 11.6. The Balaban J connectivity index is 1.10. The number of carbonyl (C=O) groups excluding carboxylic acids is 3. The van der Waals surface area contributed by atoms with E-state index in [4.69, 9.17) is 4.42 Å². The molecule has 2 aromatic heterocycles. The zero-order chi connectivity index (χ0) is 33.5. The number of aromatic nitrogens is 1. The second-order valence-electron chi connectivity index (χ2n) is 16.9. The molecular formula is C40H52N4O4. The van der Waals surface area contributed by atoms with E-state index >= 15 is 0 Å². The Labute approximate surface area is 284 Å². The number of furan rings is 1. The molecule has 4 heterocycles. The normalized spacial score (nSPS) is 32.2. The first-order chi connectivity index (χ1) is 23.0. The number of hydrogen-bond acceptors (Lipinski definition) is 4. The van der Waals surface area contributed by atoms with Crippen LogP contribution in [-0.4, -0.2) is 57.7 Å². The lowest BCUT2D eigenvalue weighted by Crippen LogP contribution is -2.65. The zero-order valence-electron chi connectivity index (χ0n) is 29.3. The van der Waals surface area contributed by atoms with E-state index < -0.39 is 17.4 Å². The Bertz CT molecular complexity index is 1690. The molecule has 6 aliphatic rings. The molecule has 8 heteroatoms. The fourth-order valence-corrected chi connectivity index (χ4v) is 11.6. The zero-order valence-corrected chi connectivity index (χ0v) is 29.3. The Morgan fingerprint density at radius 2 is 1.71 bits per heavy atom. The first-order valence-corrected chi connectivity index (χ1v) is 18.5. The van der Waals surface area contributed by atoms with Gasteiger partial charge in [-0.1, -0.05) is 12.1 Å². The van der Waals surface area contributed by atoms with Crippen molar-refractivity contribution in [2.75, 3.05) is 13.1 Å². The van der Waals surface area contributed by atoms with Crippen molar-refractivity contribution in [3.05, 3.63) is 47.9 Å². The molecule has 1 saturated heterocycles. The summed E-state index contributed by atoms with van der Waals surface area (Å²) in [6, 6.07) is 10.2. The molecule has 0 radical (unpaired) electrons. The van der Waals surface area contributed by atoms with E-state index in [9.17, 15) is 14.4 Å². The molecule has 3 amide bonds. The van der Waals surface area contributed by atoms with Crippen LogP contribution in [0.4, 0.5) is 0 Å². The van der Waals surface area contributed by atoms with Gasteiger partial charge in [0.05, 0.1) is 17.7 Å². The van der Waals surface area contributed by atoms with E-state index in [0.717, 1.165) is 52.2 Å². The number of nitrogens with zero attached hydrogens (tertiary/aromatic N) is 2. The van der Waals surface area contributed by atoms with E-state index in [1.165, 1.54) is 44.1 Å². The smallest absolute Gasteiger partial charge is 0.228 e. The van der Waals surface area contributed by atoms with Crippen LogP contribution < -0.4 is 5.32 Å². The molecule has 0 unspecified atom stereocenters. The van der Waals surface area contributed by atoms with Crippen molar-refractivity contribution in [2.24, 2.45) is 35.0 Å². The summed E-state index contributed by atoms with van der Waals surface area (Å²) in [5.41, 5.74) is 3.46. The molecule has 1 aromatic carbocycles. The van der Waals surface area contributed by atoms with E-state index in [1.54, 1.807) is 6.26 Å². The van der Waals surface area contributed by atoms with Gasteiger partial charge in [-0.15, -0.1) is 0 Å². The quantitative estimate of drug-likeness (QED) is 0.273. The minimum atomic E-state index is -0.861.